The summed E-state index contributed by atoms with van der Waals surface area (Å²) in [7, 11) is -3.62. The second-order valence-corrected chi connectivity index (χ2v) is 7.07. The summed E-state index contributed by atoms with van der Waals surface area (Å²) in [5.41, 5.74) is 5.36. The first-order chi connectivity index (χ1) is 9.96. The number of nitrogens with zero attached hydrogens (tertiary/aromatic N) is 2. The summed E-state index contributed by atoms with van der Waals surface area (Å²) in [6.45, 7) is 1.59. The van der Waals surface area contributed by atoms with Gasteiger partial charge in [0.15, 0.2) is 0 Å². The van der Waals surface area contributed by atoms with Crippen LogP contribution >= 0.6 is 11.6 Å². The Labute approximate surface area is 129 Å². The number of carbonyl (C=O) groups excluding carboxylic acids is 1. The fourth-order valence-corrected chi connectivity index (χ4v) is 4.17. The third-order valence-corrected chi connectivity index (χ3v) is 5.80. The van der Waals surface area contributed by atoms with Crippen molar-refractivity contribution >= 4 is 27.5 Å². The van der Waals surface area contributed by atoms with Gasteiger partial charge in [-0.25, -0.2) is 8.42 Å². The van der Waals surface area contributed by atoms with Crippen molar-refractivity contribution in [2.24, 2.45) is 5.73 Å². The lowest BCUT2D eigenvalue weighted by atomic mass is 10.3. The van der Waals surface area contributed by atoms with E-state index in [9.17, 15) is 13.2 Å². The molecule has 116 valence electrons. The van der Waals surface area contributed by atoms with E-state index in [4.69, 9.17) is 17.3 Å². The number of benzene rings is 1. The summed E-state index contributed by atoms with van der Waals surface area (Å²) in [5, 5.41) is 0.208. The van der Waals surface area contributed by atoms with Gasteiger partial charge in [0, 0.05) is 39.1 Å². The largest absolute Gasteiger partial charge is 0.340 e. The van der Waals surface area contributed by atoms with E-state index in [1.807, 2.05) is 0 Å². The molecule has 6 nitrogen and oxygen atoms in total. The first-order valence-corrected chi connectivity index (χ1v) is 8.51. The SMILES string of the molecule is NCCC(=O)N1CCN(S(=O)(=O)c2ccccc2Cl)CC1. The van der Waals surface area contributed by atoms with Crippen molar-refractivity contribution in [1.82, 2.24) is 9.21 Å². The molecule has 1 aliphatic heterocycles. The summed E-state index contributed by atoms with van der Waals surface area (Å²) in [6.07, 6.45) is 0.289. The average Bonchev–Trinajstić information content (AvgIpc) is 2.48. The van der Waals surface area contributed by atoms with E-state index >= 15 is 0 Å². The molecule has 0 atom stereocenters. The minimum atomic E-state index is -3.62. The van der Waals surface area contributed by atoms with Crippen LogP contribution in [-0.2, 0) is 14.8 Å². The van der Waals surface area contributed by atoms with Gasteiger partial charge in [-0.2, -0.15) is 4.31 Å². The van der Waals surface area contributed by atoms with E-state index < -0.39 is 10.0 Å². The van der Waals surface area contributed by atoms with Crippen LogP contribution in [-0.4, -0.2) is 56.3 Å². The maximum absolute atomic E-state index is 12.5. The molecule has 21 heavy (non-hydrogen) atoms. The van der Waals surface area contributed by atoms with Crippen LogP contribution in [0.25, 0.3) is 0 Å². The summed E-state index contributed by atoms with van der Waals surface area (Å²) in [5.74, 6) is -0.0349. The van der Waals surface area contributed by atoms with Gasteiger partial charge in [0.2, 0.25) is 15.9 Å². The Morgan fingerprint density at radius 1 is 1.19 bits per heavy atom. The Morgan fingerprint density at radius 2 is 1.81 bits per heavy atom. The number of rotatable bonds is 4. The minimum Gasteiger partial charge on any atom is -0.340 e. The molecule has 0 aromatic heterocycles. The number of hydrogen-bond acceptors (Lipinski definition) is 4. The van der Waals surface area contributed by atoms with Gasteiger partial charge in [0.1, 0.15) is 4.90 Å². The van der Waals surface area contributed by atoms with Crippen molar-refractivity contribution in [2.45, 2.75) is 11.3 Å². The number of nitrogens with two attached hydrogens (primary N) is 1. The molecule has 0 radical (unpaired) electrons. The van der Waals surface area contributed by atoms with Crippen molar-refractivity contribution < 1.29 is 13.2 Å². The number of sulfonamides is 1. The Bertz CT molecular complexity index is 613. The highest BCUT2D eigenvalue weighted by molar-refractivity contribution is 7.89. The minimum absolute atomic E-state index is 0.0349. The van der Waals surface area contributed by atoms with Gasteiger partial charge in [-0.15, -0.1) is 0 Å². The maximum atomic E-state index is 12.5. The second kappa shape index (κ2) is 6.74. The highest BCUT2D eigenvalue weighted by Gasteiger charge is 2.30. The maximum Gasteiger partial charge on any atom is 0.244 e. The van der Waals surface area contributed by atoms with Gasteiger partial charge in [-0.05, 0) is 12.1 Å². The van der Waals surface area contributed by atoms with Crippen molar-refractivity contribution in [3.63, 3.8) is 0 Å². The molecule has 1 aromatic rings. The number of hydrogen-bond donors (Lipinski definition) is 1. The second-order valence-electron chi connectivity index (χ2n) is 4.75. The van der Waals surface area contributed by atoms with Gasteiger partial charge in [0.25, 0.3) is 0 Å². The number of carbonyl (C=O) groups is 1. The summed E-state index contributed by atoms with van der Waals surface area (Å²) >= 11 is 5.96. The topological polar surface area (TPSA) is 83.7 Å². The van der Waals surface area contributed by atoms with Gasteiger partial charge in [0.05, 0.1) is 5.02 Å². The zero-order chi connectivity index (χ0) is 15.5. The highest BCUT2D eigenvalue weighted by Crippen LogP contribution is 2.24. The molecule has 1 aromatic carbocycles. The third kappa shape index (κ3) is 3.55. The Hall–Kier alpha value is -1.15. The molecule has 0 spiro atoms. The molecule has 1 heterocycles. The molecule has 2 rings (SSSR count). The highest BCUT2D eigenvalue weighted by atomic mass is 35.5. The molecular formula is C13H18ClN3O3S. The molecule has 8 heteroatoms. The van der Waals surface area contributed by atoms with E-state index in [0.29, 0.717) is 19.6 Å². The van der Waals surface area contributed by atoms with Crippen LogP contribution in [0.2, 0.25) is 5.02 Å². The normalized spacial score (nSPS) is 17.0. The fourth-order valence-electron chi connectivity index (χ4n) is 2.25. The molecule has 2 N–H and O–H groups in total. The third-order valence-electron chi connectivity index (χ3n) is 3.40. The van der Waals surface area contributed by atoms with E-state index in [2.05, 4.69) is 0 Å². The van der Waals surface area contributed by atoms with Crippen LogP contribution in [0.3, 0.4) is 0 Å². The van der Waals surface area contributed by atoms with E-state index in [1.165, 1.54) is 10.4 Å². The number of halogens is 1. The number of piperazine rings is 1. The molecule has 0 saturated carbocycles. The van der Waals surface area contributed by atoms with Gasteiger partial charge >= 0.3 is 0 Å². The first kappa shape index (κ1) is 16.2. The fraction of sp³-hybridized carbons (Fsp3) is 0.462. The molecular weight excluding hydrogens is 314 g/mol. The summed E-state index contributed by atoms with van der Waals surface area (Å²) in [6, 6.07) is 6.36. The van der Waals surface area contributed by atoms with Gasteiger partial charge < -0.3 is 10.6 Å². The van der Waals surface area contributed by atoms with Crippen LogP contribution < -0.4 is 5.73 Å². The lowest BCUT2D eigenvalue weighted by Gasteiger charge is -2.34. The van der Waals surface area contributed by atoms with Crippen LogP contribution in [0, 0.1) is 0 Å². The Kier molecular flexibility index (Phi) is 5.21. The summed E-state index contributed by atoms with van der Waals surface area (Å²) < 4.78 is 26.4. The molecule has 0 aliphatic carbocycles. The van der Waals surface area contributed by atoms with E-state index in [-0.39, 0.29) is 35.3 Å². The lowest BCUT2D eigenvalue weighted by Crippen LogP contribution is -2.50. The van der Waals surface area contributed by atoms with Crippen LogP contribution in [0.1, 0.15) is 6.42 Å². The van der Waals surface area contributed by atoms with Gasteiger partial charge in [-0.1, -0.05) is 23.7 Å². The van der Waals surface area contributed by atoms with E-state index in [1.54, 1.807) is 23.1 Å². The predicted molar refractivity (Wildman–Crippen MR) is 80.5 cm³/mol. The Balaban J connectivity index is 2.08. The molecule has 0 unspecified atom stereocenters. The standard InChI is InChI=1S/C13H18ClN3O3S/c14-11-3-1-2-4-12(11)21(19,20)17-9-7-16(8-10-17)13(18)5-6-15/h1-4H,5-10,15H2. The average molecular weight is 332 g/mol. The molecule has 1 amide bonds. The molecule has 0 bridgehead atoms. The Morgan fingerprint density at radius 3 is 2.38 bits per heavy atom. The first-order valence-electron chi connectivity index (χ1n) is 6.69. The lowest BCUT2D eigenvalue weighted by molar-refractivity contribution is -0.132. The molecule has 1 saturated heterocycles. The number of amides is 1. The van der Waals surface area contributed by atoms with Crippen molar-refractivity contribution in [3.8, 4) is 0 Å². The smallest absolute Gasteiger partial charge is 0.244 e. The van der Waals surface area contributed by atoms with Crippen molar-refractivity contribution in [2.75, 3.05) is 32.7 Å². The van der Waals surface area contributed by atoms with E-state index in [0.717, 1.165) is 0 Å². The zero-order valence-electron chi connectivity index (χ0n) is 11.5. The molecule has 1 fully saturated rings. The van der Waals surface area contributed by atoms with Crippen molar-refractivity contribution in [3.05, 3.63) is 29.3 Å². The van der Waals surface area contributed by atoms with Crippen LogP contribution in [0.4, 0.5) is 0 Å². The van der Waals surface area contributed by atoms with Gasteiger partial charge in [-0.3, -0.25) is 4.79 Å². The van der Waals surface area contributed by atoms with Crippen LogP contribution in [0.15, 0.2) is 29.2 Å². The van der Waals surface area contributed by atoms with Crippen molar-refractivity contribution in [1.29, 1.82) is 0 Å². The predicted octanol–water partition coefficient (Wildman–Crippen LogP) is 0.522. The van der Waals surface area contributed by atoms with Crippen LogP contribution in [0.5, 0.6) is 0 Å². The zero-order valence-corrected chi connectivity index (χ0v) is 13.1. The monoisotopic (exact) mass is 331 g/mol. The molecule has 1 aliphatic rings. The quantitative estimate of drug-likeness (QED) is 0.872. The summed E-state index contributed by atoms with van der Waals surface area (Å²) in [4.78, 5) is 13.5.